The second-order valence-corrected chi connectivity index (χ2v) is 3.82. The molecule has 0 N–H and O–H groups in total. The minimum absolute atomic E-state index is 0.159. The van der Waals surface area contributed by atoms with Gasteiger partial charge in [-0.05, 0) is 12.8 Å². The van der Waals surface area contributed by atoms with Gasteiger partial charge in [-0.2, -0.15) is 13.2 Å². The number of alkyl halides is 4. The van der Waals surface area contributed by atoms with Gasteiger partial charge in [0.1, 0.15) is 0 Å². The highest BCUT2D eigenvalue weighted by atomic mass is 35.5. The third-order valence-corrected chi connectivity index (χ3v) is 2.26. The summed E-state index contributed by atoms with van der Waals surface area (Å²) in [6.07, 6.45) is 0.313. The largest absolute Gasteiger partial charge is 0.490 e. The van der Waals surface area contributed by atoms with Crippen molar-refractivity contribution in [1.82, 2.24) is 0 Å². The zero-order valence-electron chi connectivity index (χ0n) is 8.99. The molecule has 0 bridgehead atoms. The van der Waals surface area contributed by atoms with Crippen LogP contribution in [0.5, 0.6) is 0 Å². The summed E-state index contributed by atoms with van der Waals surface area (Å²) in [5.41, 5.74) is 0. The fourth-order valence-corrected chi connectivity index (χ4v) is 1.34. The van der Waals surface area contributed by atoms with Crippen molar-refractivity contribution >= 4 is 17.6 Å². The molecule has 16 heavy (non-hydrogen) atoms. The fraction of sp³-hybridized carbons (Fsp3) is 0.900. The van der Waals surface area contributed by atoms with E-state index in [0.29, 0.717) is 12.3 Å². The summed E-state index contributed by atoms with van der Waals surface area (Å²) >= 11 is 5.48. The number of hydrogen-bond donors (Lipinski definition) is 0. The molecule has 2 nitrogen and oxygen atoms in total. The zero-order valence-corrected chi connectivity index (χ0v) is 9.74. The van der Waals surface area contributed by atoms with E-state index in [1.165, 1.54) is 0 Å². The Morgan fingerprint density at radius 2 is 1.50 bits per heavy atom. The monoisotopic (exact) mass is 260 g/mol. The van der Waals surface area contributed by atoms with Crippen LogP contribution in [0.25, 0.3) is 0 Å². The number of rotatable bonds is 8. The van der Waals surface area contributed by atoms with Gasteiger partial charge in [0.2, 0.25) is 0 Å². The molecule has 0 aliphatic heterocycles. The van der Waals surface area contributed by atoms with Crippen LogP contribution >= 0.6 is 11.6 Å². The number of esters is 1. The second-order valence-electron chi connectivity index (χ2n) is 3.44. The molecule has 0 saturated carbocycles. The van der Waals surface area contributed by atoms with Crippen molar-refractivity contribution in [3.63, 3.8) is 0 Å². The van der Waals surface area contributed by atoms with Gasteiger partial charge in [-0.3, -0.25) is 0 Å². The van der Waals surface area contributed by atoms with E-state index < -0.39 is 12.1 Å². The van der Waals surface area contributed by atoms with E-state index >= 15 is 0 Å². The number of hydrogen-bond acceptors (Lipinski definition) is 2. The molecule has 0 amide bonds. The molecule has 96 valence electrons. The molecule has 0 aromatic heterocycles. The number of carbonyl (C=O) groups is 1. The van der Waals surface area contributed by atoms with E-state index in [1.807, 2.05) is 0 Å². The summed E-state index contributed by atoms with van der Waals surface area (Å²) in [7, 11) is 0. The normalized spacial score (nSPS) is 11.5. The van der Waals surface area contributed by atoms with Crippen LogP contribution in [0.3, 0.4) is 0 Å². The molecule has 0 aliphatic rings. The molecular weight excluding hydrogens is 245 g/mol. The maximum absolute atomic E-state index is 11.7. The fourth-order valence-electron chi connectivity index (χ4n) is 1.15. The van der Waals surface area contributed by atoms with E-state index in [4.69, 9.17) is 11.6 Å². The lowest BCUT2D eigenvalue weighted by Crippen LogP contribution is -2.25. The maximum Gasteiger partial charge on any atom is 0.490 e. The molecule has 6 heteroatoms. The summed E-state index contributed by atoms with van der Waals surface area (Å²) in [6.45, 7) is -0.159. The standard InChI is InChI=1S/C10H16ClF3O2/c11-7-5-3-1-2-4-6-8-16-9(15)10(12,13)14/h1-8H2. The van der Waals surface area contributed by atoms with Crippen molar-refractivity contribution in [1.29, 1.82) is 0 Å². The summed E-state index contributed by atoms with van der Waals surface area (Å²) < 4.78 is 39.1. The summed E-state index contributed by atoms with van der Waals surface area (Å²) in [5, 5.41) is 0. The van der Waals surface area contributed by atoms with Crippen molar-refractivity contribution in [3.8, 4) is 0 Å². The Bertz CT molecular complexity index is 195. The van der Waals surface area contributed by atoms with Gasteiger partial charge < -0.3 is 4.74 Å². The van der Waals surface area contributed by atoms with Crippen LogP contribution in [-0.4, -0.2) is 24.6 Å². The molecule has 0 unspecified atom stereocenters. The predicted octanol–water partition coefficient (Wildman–Crippen LogP) is 3.67. The Hall–Kier alpha value is -0.450. The van der Waals surface area contributed by atoms with Gasteiger partial charge in [-0.25, -0.2) is 4.79 Å². The molecule has 0 aliphatic carbocycles. The molecule has 0 saturated heterocycles. The molecule has 0 heterocycles. The Labute approximate surface area is 98.1 Å². The average Bonchev–Trinajstić information content (AvgIpc) is 2.20. The highest BCUT2D eigenvalue weighted by Gasteiger charge is 2.40. The molecule has 0 spiro atoms. The summed E-state index contributed by atoms with van der Waals surface area (Å²) in [4.78, 5) is 10.3. The van der Waals surface area contributed by atoms with Crippen LogP contribution in [0.15, 0.2) is 0 Å². The number of halogens is 4. The third kappa shape index (κ3) is 8.83. The van der Waals surface area contributed by atoms with Crippen LogP contribution < -0.4 is 0 Å². The number of ether oxygens (including phenoxy) is 1. The van der Waals surface area contributed by atoms with Crippen LogP contribution in [0, 0.1) is 0 Å². The highest BCUT2D eigenvalue weighted by molar-refractivity contribution is 6.17. The SMILES string of the molecule is O=C(OCCCCCCCCCl)C(F)(F)F. The van der Waals surface area contributed by atoms with Crippen molar-refractivity contribution in [3.05, 3.63) is 0 Å². The molecule has 0 rings (SSSR count). The Kier molecular flexibility index (Phi) is 8.43. The Morgan fingerprint density at radius 3 is 2.00 bits per heavy atom. The minimum Gasteiger partial charge on any atom is -0.459 e. The quantitative estimate of drug-likeness (QED) is 0.378. The average molecular weight is 261 g/mol. The lowest BCUT2D eigenvalue weighted by Gasteiger charge is -2.06. The number of carbonyl (C=O) groups excluding carboxylic acids is 1. The minimum atomic E-state index is -4.87. The zero-order chi connectivity index (χ0) is 12.4. The van der Waals surface area contributed by atoms with Crippen molar-refractivity contribution in [2.45, 2.75) is 44.7 Å². The lowest BCUT2D eigenvalue weighted by atomic mass is 10.1. The van der Waals surface area contributed by atoms with Gasteiger partial charge in [0, 0.05) is 5.88 Å². The van der Waals surface area contributed by atoms with E-state index in [9.17, 15) is 18.0 Å². The molecular formula is C10H16ClF3O2. The topological polar surface area (TPSA) is 26.3 Å². The molecule has 0 aromatic carbocycles. The van der Waals surface area contributed by atoms with Crippen LogP contribution in [0.2, 0.25) is 0 Å². The van der Waals surface area contributed by atoms with Crippen molar-refractivity contribution in [2.24, 2.45) is 0 Å². The first-order valence-corrected chi connectivity index (χ1v) is 5.82. The summed E-state index contributed by atoms with van der Waals surface area (Å²) in [5.74, 6) is -1.46. The molecule has 0 fully saturated rings. The van der Waals surface area contributed by atoms with Gasteiger partial charge in [-0.1, -0.05) is 25.7 Å². The predicted molar refractivity (Wildman–Crippen MR) is 55.4 cm³/mol. The van der Waals surface area contributed by atoms with Crippen molar-refractivity contribution < 1.29 is 22.7 Å². The van der Waals surface area contributed by atoms with Crippen LogP contribution in [-0.2, 0) is 9.53 Å². The first-order chi connectivity index (χ1) is 7.48. The van der Waals surface area contributed by atoms with Gasteiger partial charge in [0.25, 0.3) is 0 Å². The molecule has 0 radical (unpaired) electrons. The van der Waals surface area contributed by atoms with Gasteiger partial charge in [-0.15, -0.1) is 11.6 Å². The first-order valence-electron chi connectivity index (χ1n) is 5.28. The number of unbranched alkanes of at least 4 members (excludes halogenated alkanes) is 5. The van der Waals surface area contributed by atoms with Crippen molar-refractivity contribution in [2.75, 3.05) is 12.5 Å². The highest BCUT2D eigenvalue weighted by Crippen LogP contribution is 2.16. The van der Waals surface area contributed by atoms with E-state index in [1.54, 1.807) is 0 Å². The summed E-state index contributed by atoms with van der Waals surface area (Å²) in [6, 6.07) is 0. The smallest absolute Gasteiger partial charge is 0.459 e. The van der Waals surface area contributed by atoms with E-state index in [0.717, 1.165) is 32.1 Å². The van der Waals surface area contributed by atoms with Crippen LogP contribution in [0.1, 0.15) is 38.5 Å². The third-order valence-electron chi connectivity index (χ3n) is 1.99. The van der Waals surface area contributed by atoms with Crippen LogP contribution in [0.4, 0.5) is 13.2 Å². The first kappa shape index (κ1) is 15.6. The Balaban J connectivity index is 3.25. The lowest BCUT2D eigenvalue weighted by molar-refractivity contribution is -0.199. The van der Waals surface area contributed by atoms with E-state index in [2.05, 4.69) is 4.74 Å². The van der Waals surface area contributed by atoms with E-state index in [-0.39, 0.29) is 6.61 Å². The van der Waals surface area contributed by atoms with Gasteiger partial charge in [0.15, 0.2) is 0 Å². The molecule has 0 aromatic rings. The maximum atomic E-state index is 11.7. The molecule has 0 atom stereocenters. The Morgan fingerprint density at radius 1 is 1.00 bits per heavy atom. The van der Waals surface area contributed by atoms with Gasteiger partial charge >= 0.3 is 12.1 Å². The van der Waals surface area contributed by atoms with Gasteiger partial charge in [0.05, 0.1) is 6.61 Å². The second kappa shape index (κ2) is 8.67.